The number of aromatic nitrogens is 2. The second-order valence-electron chi connectivity index (χ2n) is 3.02. The molecule has 0 unspecified atom stereocenters. The molecule has 16 heavy (non-hydrogen) atoms. The summed E-state index contributed by atoms with van der Waals surface area (Å²) in [6.07, 6.45) is 0. The van der Waals surface area contributed by atoms with Crippen LogP contribution in [-0.2, 0) is 0 Å². The first-order valence-corrected chi connectivity index (χ1v) is 5.06. The summed E-state index contributed by atoms with van der Waals surface area (Å²) in [7, 11) is 0. The maximum Gasteiger partial charge on any atom is 0.290 e. The van der Waals surface area contributed by atoms with Gasteiger partial charge in [-0.25, -0.2) is 0 Å². The first-order valence-electron chi connectivity index (χ1n) is 4.27. The van der Waals surface area contributed by atoms with Crippen LogP contribution in [0.4, 0.5) is 5.69 Å². The molecule has 7 heteroatoms. The van der Waals surface area contributed by atoms with Gasteiger partial charge in [-0.15, -0.1) is 0 Å². The van der Waals surface area contributed by atoms with Crippen LogP contribution in [0, 0.1) is 0 Å². The second kappa shape index (κ2) is 3.93. The SMILES string of the molecule is NC(=O)c1noc(-c2ccc(N)c(Br)c2)n1. The maximum absolute atomic E-state index is 10.8. The highest BCUT2D eigenvalue weighted by molar-refractivity contribution is 9.10. The van der Waals surface area contributed by atoms with Crippen LogP contribution in [-0.4, -0.2) is 16.0 Å². The molecule has 6 nitrogen and oxygen atoms in total. The number of rotatable bonds is 2. The van der Waals surface area contributed by atoms with Crippen molar-refractivity contribution in [2.45, 2.75) is 0 Å². The monoisotopic (exact) mass is 282 g/mol. The van der Waals surface area contributed by atoms with Gasteiger partial charge in [0, 0.05) is 15.7 Å². The average molecular weight is 283 g/mol. The van der Waals surface area contributed by atoms with Gasteiger partial charge >= 0.3 is 0 Å². The van der Waals surface area contributed by atoms with E-state index in [-0.39, 0.29) is 11.7 Å². The minimum absolute atomic E-state index is 0.150. The molecule has 2 rings (SSSR count). The van der Waals surface area contributed by atoms with E-state index >= 15 is 0 Å². The predicted molar refractivity (Wildman–Crippen MR) is 60.4 cm³/mol. The van der Waals surface area contributed by atoms with Crippen LogP contribution >= 0.6 is 15.9 Å². The molecule has 0 aliphatic heterocycles. The third-order valence-corrected chi connectivity index (χ3v) is 2.58. The van der Waals surface area contributed by atoms with Crippen molar-refractivity contribution in [3.8, 4) is 11.5 Å². The second-order valence-corrected chi connectivity index (χ2v) is 3.88. The number of amides is 1. The Morgan fingerprint density at radius 1 is 1.44 bits per heavy atom. The first-order chi connectivity index (χ1) is 7.58. The number of nitrogens with two attached hydrogens (primary N) is 2. The molecule has 0 aliphatic rings. The lowest BCUT2D eigenvalue weighted by atomic mass is 10.2. The van der Waals surface area contributed by atoms with E-state index in [0.29, 0.717) is 15.7 Å². The van der Waals surface area contributed by atoms with Crippen LogP contribution in [0.2, 0.25) is 0 Å². The molecule has 82 valence electrons. The van der Waals surface area contributed by atoms with Crippen molar-refractivity contribution < 1.29 is 9.32 Å². The summed E-state index contributed by atoms with van der Waals surface area (Å²) in [6.45, 7) is 0. The van der Waals surface area contributed by atoms with E-state index in [2.05, 4.69) is 26.1 Å². The maximum atomic E-state index is 10.8. The zero-order chi connectivity index (χ0) is 11.7. The fourth-order valence-electron chi connectivity index (χ4n) is 1.10. The predicted octanol–water partition coefficient (Wildman–Crippen LogP) is 1.18. The first kappa shape index (κ1) is 10.6. The third kappa shape index (κ3) is 1.89. The number of nitrogens with zero attached hydrogens (tertiary/aromatic N) is 2. The molecule has 0 radical (unpaired) electrons. The van der Waals surface area contributed by atoms with Crippen molar-refractivity contribution in [3.63, 3.8) is 0 Å². The number of benzene rings is 1. The van der Waals surface area contributed by atoms with Gasteiger partial charge in [-0.2, -0.15) is 4.98 Å². The lowest BCUT2D eigenvalue weighted by Gasteiger charge is -1.98. The summed E-state index contributed by atoms with van der Waals surface area (Å²) in [4.78, 5) is 14.6. The van der Waals surface area contributed by atoms with E-state index in [0.717, 1.165) is 0 Å². The molecule has 2 aromatic rings. The van der Waals surface area contributed by atoms with E-state index in [4.69, 9.17) is 16.0 Å². The highest BCUT2D eigenvalue weighted by atomic mass is 79.9. The van der Waals surface area contributed by atoms with Crippen molar-refractivity contribution in [3.05, 3.63) is 28.5 Å². The standard InChI is InChI=1S/C9H7BrN4O2/c10-5-3-4(1-2-6(5)11)9-13-8(7(12)15)14-16-9/h1-3H,11H2,(H2,12,15). The van der Waals surface area contributed by atoms with Gasteiger partial charge in [0.25, 0.3) is 17.6 Å². The van der Waals surface area contributed by atoms with Crippen molar-refractivity contribution in [2.75, 3.05) is 5.73 Å². The molecule has 1 amide bonds. The van der Waals surface area contributed by atoms with Crippen LogP contribution < -0.4 is 11.5 Å². The van der Waals surface area contributed by atoms with E-state index in [1.54, 1.807) is 18.2 Å². The Bertz CT molecular complexity index is 552. The summed E-state index contributed by atoms with van der Waals surface area (Å²) < 4.78 is 5.60. The number of hydrogen-bond donors (Lipinski definition) is 2. The fraction of sp³-hybridized carbons (Fsp3) is 0. The molecular weight excluding hydrogens is 276 g/mol. The summed E-state index contributed by atoms with van der Waals surface area (Å²) in [5, 5.41) is 3.44. The fourth-order valence-corrected chi connectivity index (χ4v) is 1.48. The van der Waals surface area contributed by atoms with Gasteiger partial charge in [0.05, 0.1) is 0 Å². The van der Waals surface area contributed by atoms with Crippen molar-refractivity contribution >= 4 is 27.5 Å². The van der Waals surface area contributed by atoms with Gasteiger partial charge in [-0.3, -0.25) is 4.79 Å². The van der Waals surface area contributed by atoms with Crippen molar-refractivity contribution in [1.82, 2.24) is 10.1 Å². The van der Waals surface area contributed by atoms with Gasteiger partial charge in [-0.1, -0.05) is 5.16 Å². The number of carbonyl (C=O) groups is 1. The van der Waals surface area contributed by atoms with Gasteiger partial charge < -0.3 is 16.0 Å². The normalized spacial score (nSPS) is 10.3. The number of primary amides is 1. The summed E-state index contributed by atoms with van der Waals surface area (Å²) >= 11 is 3.27. The number of halogens is 1. The molecule has 0 saturated carbocycles. The number of hydrogen-bond acceptors (Lipinski definition) is 5. The van der Waals surface area contributed by atoms with Crippen molar-refractivity contribution in [1.29, 1.82) is 0 Å². The molecule has 0 saturated heterocycles. The molecule has 0 spiro atoms. The lowest BCUT2D eigenvalue weighted by molar-refractivity contribution is 0.0987. The van der Waals surface area contributed by atoms with E-state index in [1.165, 1.54) is 0 Å². The van der Waals surface area contributed by atoms with Crippen LogP contribution in [0.15, 0.2) is 27.2 Å². The molecule has 0 atom stereocenters. The molecule has 1 aromatic carbocycles. The Kier molecular flexibility index (Phi) is 2.61. The van der Waals surface area contributed by atoms with Crippen LogP contribution in [0.3, 0.4) is 0 Å². The highest BCUT2D eigenvalue weighted by Gasteiger charge is 2.13. The number of anilines is 1. The Labute approximate surface area is 98.7 Å². The highest BCUT2D eigenvalue weighted by Crippen LogP contribution is 2.26. The van der Waals surface area contributed by atoms with Crippen molar-refractivity contribution in [2.24, 2.45) is 5.73 Å². The van der Waals surface area contributed by atoms with E-state index < -0.39 is 5.91 Å². The average Bonchev–Trinajstić information content (AvgIpc) is 2.71. The smallest absolute Gasteiger partial charge is 0.290 e. The minimum atomic E-state index is -0.732. The summed E-state index contributed by atoms with van der Waals surface area (Å²) in [5.74, 6) is -0.665. The van der Waals surface area contributed by atoms with E-state index in [1.807, 2.05) is 0 Å². The Morgan fingerprint density at radius 3 is 2.75 bits per heavy atom. The topological polar surface area (TPSA) is 108 Å². The van der Waals surface area contributed by atoms with Crippen LogP contribution in [0.25, 0.3) is 11.5 Å². The lowest BCUT2D eigenvalue weighted by Crippen LogP contribution is -2.12. The summed E-state index contributed by atoms with van der Waals surface area (Å²) in [6, 6.07) is 5.11. The molecule has 0 aliphatic carbocycles. The van der Waals surface area contributed by atoms with Gasteiger partial charge in [0.1, 0.15) is 0 Å². The van der Waals surface area contributed by atoms with Crippen LogP contribution in [0.1, 0.15) is 10.6 Å². The quantitative estimate of drug-likeness (QED) is 0.804. The van der Waals surface area contributed by atoms with Crippen LogP contribution in [0.5, 0.6) is 0 Å². The zero-order valence-electron chi connectivity index (χ0n) is 7.98. The number of nitrogen functional groups attached to an aromatic ring is 1. The Balaban J connectivity index is 2.42. The van der Waals surface area contributed by atoms with Gasteiger partial charge in [0.2, 0.25) is 0 Å². The third-order valence-electron chi connectivity index (χ3n) is 1.89. The Morgan fingerprint density at radius 2 is 2.19 bits per heavy atom. The molecule has 1 heterocycles. The van der Waals surface area contributed by atoms with Gasteiger partial charge in [-0.05, 0) is 34.1 Å². The summed E-state index contributed by atoms with van der Waals surface area (Å²) in [5.41, 5.74) is 11.9. The molecule has 0 fully saturated rings. The minimum Gasteiger partial charge on any atom is -0.398 e. The molecular formula is C9H7BrN4O2. The zero-order valence-corrected chi connectivity index (χ0v) is 9.56. The molecule has 4 N–H and O–H groups in total. The number of carbonyl (C=O) groups excluding carboxylic acids is 1. The van der Waals surface area contributed by atoms with Gasteiger partial charge in [0.15, 0.2) is 0 Å². The molecule has 1 aromatic heterocycles. The Hall–Kier alpha value is -1.89. The largest absolute Gasteiger partial charge is 0.398 e. The molecule has 0 bridgehead atoms. The van der Waals surface area contributed by atoms with E-state index in [9.17, 15) is 4.79 Å².